The SMILES string of the molecule is O=C(Nc1ccc(NC(=O)c2cccnc2SCc2ccc(F)cc2)cc1)NC1CC1. The van der Waals surface area contributed by atoms with E-state index in [1.165, 1.54) is 23.9 Å². The van der Waals surface area contributed by atoms with Gasteiger partial charge in [0.25, 0.3) is 5.91 Å². The van der Waals surface area contributed by atoms with Gasteiger partial charge in [-0.05, 0) is 66.9 Å². The molecule has 0 radical (unpaired) electrons. The quantitative estimate of drug-likeness (QED) is 0.453. The number of anilines is 2. The van der Waals surface area contributed by atoms with Crippen molar-refractivity contribution in [1.82, 2.24) is 10.3 Å². The van der Waals surface area contributed by atoms with Crippen LogP contribution in [0.3, 0.4) is 0 Å². The lowest BCUT2D eigenvalue weighted by atomic mass is 10.2. The van der Waals surface area contributed by atoms with Crippen molar-refractivity contribution in [2.75, 3.05) is 10.6 Å². The molecule has 3 amide bonds. The minimum absolute atomic E-state index is 0.225. The highest BCUT2D eigenvalue weighted by molar-refractivity contribution is 7.98. The summed E-state index contributed by atoms with van der Waals surface area (Å²) >= 11 is 1.42. The number of carbonyl (C=O) groups excluding carboxylic acids is 2. The fourth-order valence-electron chi connectivity index (χ4n) is 2.83. The summed E-state index contributed by atoms with van der Waals surface area (Å²) in [5.74, 6) is 0.0132. The van der Waals surface area contributed by atoms with Crippen molar-refractivity contribution in [3.05, 3.63) is 83.8 Å². The van der Waals surface area contributed by atoms with E-state index in [9.17, 15) is 14.0 Å². The molecule has 0 unspecified atom stereocenters. The first-order valence-electron chi connectivity index (χ1n) is 9.88. The summed E-state index contributed by atoms with van der Waals surface area (Å²) in [6, 6.07) is 16.7. The Labute approximate surface area is 183 Å². The third-order valence-electron chi connectivity index (χ3n) is 4.62. The zero-order chi connectivity index (χ0) is 21.6. The van der Waals surface area contributed by atoms with E-state index in [-0.39, 0.29) is 23.8 Å². The molecule has 0 saturated heterocycles. The van der Waals surface area contributed by atoms with Crippen LogP contribution in [0.4, 0.5) is 20.6 Å². The number of pyridine rings is 1. The Morgan fingerprint density at radius 1 is 0.968 bits per heavy atom. The lowest BCUT2D eigenvalue weighted by Gasteiger charge is -2.10. The van der Waals surface area contributed by atoms with Gasteiger partial charge in [-0.25, -0.2) is 14.2 Å². The number of urea groups is 1. The Hall–Kier alpha value is -3.39. The van der Waals surface area contributed by atoms with E-state index in [0.29, 0.717) is 27.7 Å². The molecule has 0 aliphatic heterocycles. The van der Waals surface area contributed by atoms with Crippen LogP contribution >= 0.6 is 11.8 Å². The number of nitrogens with zero attached hydrogens (tertiary/aromatic N) is 1. The molecule has 1 heterocycles. The molecule has 1 aliphatic rings. The number of benzene rings is 2. The first-order chi connectivity index (χ1) is 15.1. The number of thioether (sulfide) groups is 1. The van der Waals surface area contributed by atoms with Crippen molar-refractivity contribution in [2.24, 2.45) is 0 Å². The van der Waals surface area contributed by atoms with Crippen molar-refractivity contribution in [3.63, 3.8) is 0 Å². The lowest BCUT2D eigenvalue weighted by Crippen LogP contribution is -2.30. The zero-order valence-electron chi connectivity index (χ0n) is 16.6. The van der Waals surface area contributed by atoms with Gasteiger partial charge in [0.15, 0.2) is 0 Å². The second kappa shape index (κ2) is 9.61. The normalized spacial score (nSPS) is 12.8. The molecule has 3 N–H and O–H groups in total. The van der Waals surface area contributed by atoms with Crippen LogP contribution in [-0.2, 0) is 5.75 Å². The molecular formula is C23H21FN4O2S. The van der Waals surface area contributed by atoms with Gasteiger partial charge in [-0.3, -0.25) is 4.79 Å². The number of hydrogen-bond donors (Lipinski definition) is 3. The van der Waals surface area contributed by atoms with Crippen LogP contribution in [0.2, 0.25) is 0 Å². The predicted molar refractivity (Wildman–Crippen MR) is 120 cm³/mol. The maximum Gasteiger partial charge on any atom is 0.319 e. The summed E-state index contributed by atoms with van der Waals surface area (Å²) < 4.78 is 13.1. The van der Waals surface area contributed by atoms with Crippen molar-refractivity contribution in [2.45, 2.75) is 29.7 Å². The van der Waals surface area contributed by atoms with Crippen molar-refractivity contribution >= 4 is 35.1 Å². The molecule has 6 nitrogen and oxygen atoms in total. The molecule has 0 atom stereocenters. The molecule has 158 valence electrons. The number of aromatic nitrogens is 1. The van der Waals surface area contributed by atoms with Crippen LogP contribution in [0.1, 0.15) is 28.8 Å². The van der Waals surface area contributed by atoms with Crippen LogP contribution in [0.15, 0.2) is 71.9 Å². The molecule has 1 saturated carbocycles. The van der Waals surface area contributed by atoms with E-state index >= 15 is 0 Å². The smallest absolute Gasteiger partial charge is 0.319 e. The highest BCUT2D eigenvalue weighted by atomic mass is 32.2. The summed E-state index contributed by atoms with van der Waals surface area (Å²) in [4.78, 5) is 28.9. The van der Waals surface area contributed by atoms with Crippen molar-refractivity contribution < 1.29 is 14.0 Å². The first-order valence-corrected chi connectivity index (χ1v) is 10.9. The van der Waals surface area contributed by atoms with Crippen LogP contribution in [0, 0.1) is 5.82 Å². The fraction of sp³-hybridized carbons (Fsp3) is 0.174. The van der Waals surface area contributed by atoms with Crippen LogP contribution < -0.4 is 16.0 Å². The van der Waals surface area contributed by atoms with Gasteiger partial charge >= 0.3 is 6.03 Å². The summed E-state index contributed by atoms with van der Waals surface area (Å²) in [5, 5.41) is 9.08. The predicted octanol–water partition coefficient (Wildman–Crippen LogP) is 5.05. The maximum absolute atomic E-state index is 13.1. The Morgan fingerprint density at radius 3 is 2.32 bits per heavy atom. The Bertz CT molecular complexity index is 1070. The molecule has 1 fully saturated rings. The average molecular weight is 437 g/mol. The molecular weight excluding hydrogens is 415 g/mol. The third kappa shape index (κ3) is 6.05. The van der Waals surface area contributed by atoms with Gasteiger partial charge < -0.3 is 16.0 Å². The van der Waals surface area contributed by atoms with E-state index in [0.717, 1.165) is 18.4 Å². The molecule has 2 aromatic carbocycles. The summed E-state index contributed by atoms with van der Waals surface area (Å²) in [7, 11) is 0. The van der Waals surface area contributed by atoms with E-state index in [2.05, 4.69) is 20.9 Å². The average Bonchev–Trinajstić information content (AvgIpc) is 3.59. The van der Waals surface area contributed by atoms with E-state index in [1.807, 2.05) is 0 Å². The largest absolute Gasteiger partial charge is 0.335 e. The second-order valence-electron chi connectivity index (χ2n) is 7.18. The molecule has 31 heavy (non-hydrogen) atoms. The van der Waals surface area contributed by atoms with Gasteiger partial charge in [0.1, 0.15) is 10.8 Å². The summed E-state index contributed by atoms with van der Waals surface area (Å²) in [6.07, 6.45) is 3.69. The van der Waals surface area contributed by atoms with Gasteiger partial charge in [-0.2, -0.15) is 0 Å². The molecule has 0 spiro atoms. The topological polar surface area (TPSA) is 83.1 Å². The zero-order valence-corrected chi connectivity index (χ0v) is 17.4. The molecule has 8 heteroatoms. The number of carbonyl (C=O) groups is 2. The Morgan fingerprint density at radius 2 is 1.65 bits per heavy atom. The third-order valence-corrected chi connectivity index (χ3v) is 5.69. The minimum Gasteiger partial charge on any atom is -0.335 e. The van der Waals surface area contributed by atoms with Gasteiger partial charge in [0.2, 0.25) is 0 Å². The van der Waals surface area contributed by atoms with Gasteiger partial charge in [0, 0.05) is 29.4 Å². The fourth-order valence-corrected chi connectivity index (χ4v) is 3.77. The maximum atomic E-state index is 13.1. The molecule has 3 aromatic rings. The van der Waals surface area contributed by atoms with Gasteiger partial charge in [0.05, 0.1) is 5.56 Å². The number of amides is 3. The Balaban J connectivity index is 1.36. The van der Waals surface area contributed by atoms with E-state index in [1.54, 1.807) is 54.7 Å². The van der Waals surface area contributed by atoms with Crippen LogP contribution in [-0.4, -0.2) is 23.0 Å². The standard InChI is InChI=1S/C23H21FN4O2S/c24-16-5-3-15(4-6-16)14-31-22-20(2-1-13-25-22)21(29)26-17-7-9-18(10-8-17)27-23(30)28-19-11-12-19/h1-10,13,19H,11-12,14H2,(H,26,29)(H2,27,28,30). The summed E-state index contributed by atoms with van der Waals surface area (Å²) in [6.45, 7) is 0. The van der Waals surface area contributed by atoms with Crippen LogP contribution in [0.25, 0.3) is 0 Å². The second-order valence-corrected chi connectivity index (χ2v) is 8.14. The molecule has 1 aromatic heterocycles. The first kappa shape index (κ1) is 20.9. The molecule has 4 rings (SSSR count). The summed E-state index contributed by atoms with van der Waals surface area (Å²) in [5.41, 5.74) is 2.66. The van der Waals surface area contributed by atoms with Gasteiger partial charge in [-0.15, -0.1) is 11.8 Å². The minimum atomic E-state index is -0.281. The lowest BCUT2D eigenvalue weighted by molar-refractivity contribution is 0.102. The number of hydrogen-bond acceptors (Lipinski definition) is 4. The monoisotopic (exact) mass is 436 g/mol. The van der Waals surface area contributed by atoms with E-state index < -0.39 is 0 Å². The highest BCUT2D eigenvalue weighted by Gasteiger charge is 2.23. The highest BCUT2D eigenvalue weighted by Crippen LogP contribution is 2.25. The van der Waals surface area contributed by atoms with Crippen LogP contribution in [0.5, 0.6) is 0 Å². The van der Waals surface area contributed by atoms with E-state index in [4.69, 9.17) is 0 Å². The Kier molecular flexibility index (Phi) is 6.47. The molecule has 0 bridgehead atoms. The van der Waals surface area contributed by atoms with Gasteiger partial charge in [-0.1, -0.05) is 12.1 Å². The number of halogens is 1. The molecule has 1 aliphatic carbocycles. The van der Waals surface area contributed by atoms with Crippen molar-refractivity contribution in [1.29, 1.82) is 0 Å². The number of nitrogens with one attached hydrogen (secondary N) is 3. The van der Waals surface area contributed by atoms with Crippen molar-refractivity contribution in [3.8, 4) is 0 Å². The number of rotatable bonds is 7.